The average Bonchev–Trinajstić information content (AvgIpc) is 3.70. The van der Waals surface area contributed by atoms with Crippen molar-refractivity contribution in [3.63, 3.8) is 0 Å². The first-order valence-electron chi connectivity index (χ1n) is 17.0. The first-order valence-corrected chi connectivity index (χ1v) is 24.2. The Hall–Kier alpha value is 0.680. The summed E-state index contributed by atoms with van der Waals surface area (Å²) in [6.45, 7) is 5.83. The molecule has 14 heteroatoms. The van der Waals surface area contributed by atoms with Gasteiger partial charge in [0, 0.05) is 11.5 Å². The van der Waals surface area contributed by atoms with Crippen molar-refractivity contribution in [3.05, 3.63) is 49.7 Å². The van der Waals surface area contributed by atoms with E-state index >= 15 is 0 Å². The third-order valence-electron chi connectivity index (χ3n) is 7.23. The SMILES string of the molecule is c1cc2ccc1OCCOCCOCCSC1=C3SCCCCCCCCCCSC4=C(SCCOCCOCCO2)S/C(=C(/S3)S1)S4. The second kappa shape index (κ2) is 24.8. The van der Waals surface area contributed by atoms with Crippen LogP contribution in [-0.2, 0) is 18.9 Å². The van der Waals surface area contributed by atoms with Crippen LogP contribution in [0.2, 0.25) is 0 Å². The van der Waals surface area contributed by atoms with Crippen molar-refractivity contribution in [1.29, 1.82) is 0 Å². The molecular formula is C34H48O6S8. The second-order valence-corrected chi connectivity index (χ2v) is 21.0. The molecule has 6 rings (SSSR count). The zero-order chi connectivity index (χ0) is 32.9. The first kappa shape index (κ1) is 39.9. The molecule has 0 saturated heterocycles. The van der Waals surface area contributed by atoms with Crippen LogP contribution in [0.1, 0.15) is 51.4 Å². The number of hydrogen-bond donors (Lipinski definition) is 0. The van der Waals surface area contributed by atoms with Crippen LogP contribution < -0.4 is 9.47 Å². The van der Waals surface area contributed by atoms with E-state index in [2.05, 4.69) is 23.5 Å². The van der Waals surface area contributed by atoms with Crippen molar-refractivity contribution >= 4 is 94.1 Å². The highest BCUT2D eigenvalue weighted by Crippen LogP contribution is 2.66. The molecule has 1 aromatic rings. The van der Waals surface area contributed by atoms with E-state index in [-0.39, 0.29) is 0 Å². The lowest BCUT2D eigenvalue weighted by atomic mass is 10.1. The van der Waals surface area contributed by atoms with Gasteiger partial charge >= 0.3 is 0 Å². The molecule has 1 aromatic carbocycles. The number of fused-ring (bicyclic) bond motifs is 22. The maximum absolute atomic E-state index is 5.93. The van der Waals surface area contributed by atoms with E-state index in [1.807, 2.05) is 94.8 Å². The molecule has 0 aromatic heterocycles. The van der Waals surface area contributed by atoms with E-state index in [4.69, 9.17) is 28.4 Å². The summed E-state index contributed by atoms with van der Waals surface area (Å²) < 4.78 is 43.7. The van der Waals surface area contributed by atoms with Gasteiger partial charge in [-0.1, -0.05) is 85.6 Å². The topological polar surface area (TPSA) is 55.4 Å². The van der Waals surface area contributed by atoms with Crippen molar-refractivity contribution < 1.29 is 28.4 Å². The standard InChI is InChI=1S/C34H48O6S8/c1-2-4-6-8-24-42-30-32-44-26-22-38-16-14-36-18-20-40-28-11-9-27(10-12-28)39-19-17-35-13-15-37-21-25-43-31-29(41-23-7-5-3-1)45-33(47-31)34(46-30)48-32/h9-12H,1-8,13-26H2/b34-33-. The molecular weight excluding hydrogens is 761 g/mol. The van der Waals surface area contributed by atoms with E-state index in [9.17, 15) is 0 Å². The molecule has 0 aliphatic carbocycles. The highest BCUT2D eigenvalue weighted by molar-refractivity contribution is 8.45. The minimum Gasteiger partial charge on any atom is -0.491 e. The van der Waals surface area contributed by atoms with E-state index in [0.29, 0.717) is 52.9 Å². The molecule has 48 heavy (non-hydrogen) atoms. The lowest BCUT2D eigenvalue weighted by Gasteiger charge is -2.10. The number of rotatable bonds is 0. The Balaban J connectivity index is 1.18. The summed E-state index contributed by atoms with van der Waals surface area (Å²) in [5.41, 5.74) is 0. The molecule has 5 aliphatic rings. The predicted octanol–water partition coefficient (Wildman–Crippen LogP) is 10.9. The minimum atomic E-state index is 0.500. The average molecular weight is 809 g/mol. The van der Waals surface area contributed by atoms with Gasteiger partial charge < -0.3 is 28.4 Å². The maximum Gasteiger partial charge on any atom is 0.119 e. The highest BCUT2D eigenvalue weighted by atomic mass is 32.3. The molecule has 5 aliphatic heterocycles. The van der Waals surface area contributed by atoms with Gasteiger partial charge in [-0.15, -0.1) is 47.0 Å². The Morgan fingerprint density at radius 1 is 0.312 bits per heavy atom. The molecule has 8 bridgehead atoms. The van der Waals surface area contributed by atoms with Crippen LogP contribution in [0, 0.1) is 0 Å². The van der Waals surface area contributed by atoms with Gasteiger partial charge in [-0.3, -0.25) is 0 Å². The van der Waals surface area contributed by atoms with E-state index in [1.54, 1.807) is 0 Å². The van der Waals surface area contributed by atoms with Crippen LogP contribution >= 0.6 is 94.1 Å². The smallest absolute Gasteiger partial charge is 0.119 e. The van der Waals surface area contributed by atoms with Crippen LogP contribution in [-0.4, -0.2) is 89.1 Å². The Morgan fingerprint density at radius 3 is 1.02 bits per heavy atom. The molecule has 6 nitrogen and oxygen atoms in total. The van der Waals surface area contributed by atoms with Gasteiger partial charge in [0.05, 0.1) is 78.3 Å². The summed E-state index contributed by atoms with van der Waals surface area (Å²) in [7, 11) is 0. The van der Waals surface area contributed by atoms with Crippen molar-refractivity contribution in [3.8, 4) is 11.5 Å². The summed E-state index contributed by atoms with van der Waals surface area (Å²) in [5, 5.41) is 0. The van der Waals surface area contributed by atoms with E-state index in [0.717, 1.165) is 36.2 Å². The van der Waals surface area contributed by atoms with Gasteiger partial charge in [-0.2, -0.15) is 0 Å². The lowest BCUT2D eigenvalue weighted by molar-refractivity contribution is 0.0408. The van der Waals surface area contributed by atoms with Gasteiger partial charge in [-0.25, -0.2) is 0 Å². The summed E-state index contributed by atoms with van der Waals surface area (Å²) >= 11 is 16.0. The molecule has 0 saturated carbocycles. The number of thioether (sulfide) groups is 8. The van der Waals surface area contributed by atoms with Crippen LogP contribution in [0.5, 0.6) is 11.5 Å². The van der Waals surface area contributed by atoms with Crippen molar-refractivity contribution in [2.45, 2.75) is 51.4 Å². The number of ether oxygens (including phenoxy) is 6. The molecule has 5 heterocycles. The third-order valence-corrected chi connectivity index (χ3v) is 18.9. The summed E-state index contributed by atoms with van der Waals surface area (Å²) in [5.74, 6) is 5.91. The van der Waals surface area contributed by atoms with Crippen molar-refractivity contribution in [2.75, 3.05) is 89.1 Å². The fraction of sp³-hybridized carbons (Fsp3) is 0.647. The summed E-state index contributed by atoms with van der Waals surface area (Å²) in [6, 6.07) is 7.68. The Kier molecular flexibility index (Phi) is 20.6. The van der Waals surface area contributed by atoms with Crippen LogP contribution in [0.4, 0.5) is 0 Å². The zero-order valence-electron chi connectivity index (χ0n) is 27.6. The lowest BCUT2D eigenvalue weighted by Crippen LogP contribution is -2.12. The Labute approximate surface area is 321 Å². The highest BCUT2D eigenvalue weighted by Gasteiger charge is 2.31. The monoisotopic (exact) mass is 808 g/mol. The third kappa shape index (κ3) is 15.3. The second-order valence-electron chi connectivity index (χ2n) is 11.0. The number of hydrogen-bond acceptors (Lipinski definition) is 14. The molecule has 0 radical (unpaired) electrons. The van der Waals surface area contributed by atoms with Crippen LogP contribution in [0.25, 0.3) is 0 Å². The van der Waals surface area contributed by atoms with E-state index < -0.39 is 0 Å². The fourth-order valence-corrected chi connectivity index (χ4v) is 16.7. The van der Waals surface area contributed by atoms with Gasteiger partial charge in [0.15, 0.2) is 0 Å². The zero-order valence-corrected chi connectivity index (χ0v) is 34.1. The predicted molar refractivity (Wildman–Crippen MR) is 219 cm³/mol. The molecule has 0 fully saturated rings. The minimum absolute atomic E-state index is 0.500. The van der Waals surface area contributed by atoms with Crippen molar-refractivity contribution in [2.24, 2.45) is 0 Å². The Bertz CT molecular complexity index is 1090. The summed E-state index contributed by atoms with van der Waals surface area (Å²) in [6.07, 6.45) is 10.8. The van der Waals surface area contributed by atoms with Gasteiger partial charge in [-0.05, 0) is 48.6 Å². The van der Waals surface area contributed by atoms with Gasteiger partial charge in [0.25, 0.3) is 0 Å². The largest absolute Gasteiger partial charge is 0.491 e. The maximum atomic E-state index is 5.93. The molecule has 268 valence electrons. The Morgan fingerprint density at radius 2 is 0.625 bits per heavy atom. The first-order chi connectivity index (χ1) is 23.8. The van der Waals surface area contributed by atoms with E-state index in [1.165, 1.54) is 88.3 Å². The molecule has 0 N–H and O–H groups in total. The molecule has 0 amide bonds. The van der Waals surface area contributed by atoms with Crippen LogP contribution in [0.15, 0.2) is 49.7 Å². The normalized spacial score (nSPS) is 25.1. The van der Waals surface area contributed by atoms with Gasteiger partial charge in [0.1, 0.15) is 24.7 Å². The van der Waals surface area contributed by atoms with Gasteiger partial charge in [0.2, 0.25) is 0 Å². The number of benzene rings is 1. The fourth-order valence-electron chi connectivity index (χ4n) is 4.76. The molecule has 0 unspecified atom stereocenters. The quantitative estimate of drug-likeness (QED) is 0.234. The summed E-state index contributed by atoms with van der Waals surface area (Å²) in [4.78, 5) is 0. The molecule has 0 spiro atoms. The molecule has 0 atom stereocenters. The van der Waals surface area contributed by atoms with Crippen molar-refractivity contribution in [1.82, 2.24) is 0 Å². The van der Waals surface area contributed by atoms with Crippen LogP contribution in [0.3, 0.4) is 0 Å².